The van der Waals surface area contributed by atoms with Gasteiger partial charge in [0.15, 0.2) is 21.2 Å². The van der Waals surface area contributed by atoms with E-state index >= 15 is 0 Å². The number of hydrogen-bond donors (Lipinski definition) is 2. The molecule has 6 rings (SSSR count). The second-order valence-corrected chi connectivity index (χ2v) is 14.2. The zero-order chi connectivity index (χ0) is 31.0. The fourth-order valence-corrected chi connectivity index (χ4v) is 9.28. The molecule has 6 unspecified atom stereocenters. The number of phenolic OH excluding ortho intramolecular Hbond substituents is 2. The maximum atomic E-state index is 14.0. The third kappa shape index (κ3) is 4.35. The van der Waals surface area contributed by atoms with Gasteiger partial charge in [-0.15, -0.1) is 23.2 Å². The van der Waals surface area contributed by atoms with E-state index in [1.807, 2.05) is 28.7 Å². The molecule has 0 radical (unpaired) electrons. The molecular formula is C30H26BrCl2IN2O7. The van der Waals surface area contributed by atoms with E-state index in [2.05, 4.69) is 15.9 Å². The minimum atomic E-state index is -1.94. The molecule has 1 saturated carbocycles. The molecule has 2 aliphatic carbocycles. The van der Waals surface area contributed by atoms with Gasteiger partial charge in [0.05, 0.1) is 28.0 Å². The van der Waals surface area contributed by atoms with Crippen LogP contribution >= 0.6 is 61.7 Å². The Morgan fingerprint density at radius 1 is 1.02 bits per heavy atom. The van der Waals surface area contributed by atoms with Crippen molar-refractivity contribution in [2.75, 3.05) is 19.1 Å². The van der Waals surface area contributed by atoms with Crippen LogP contribution in [0.1, 0.15) is 29.9 Å². The number of imide groups is 2. The van der Waals surface area contributed by atoms with Gasteiger partial charge in [-0.05, 0) is 83.2 Å². The van der Waals surface area contributed by atoms with Gasteiger partial charge in [0.25, 0.3) is 11.8 Å². The summed E-state index contributed by atoms with van der Waals surface area (Å²) in [5.41, 5.74) is 1.90. The van der Waals surface area contributed by atoms with Gasteiger partial charge in [0, 0.05) is 12.5 Å². The number of alkyl halides is 3. The SMILES string of the molecule is COc1cc(C2C3=CCC4C(=O)N(CCc5ccc(O)cc5)C(=O)C4C3CC3(Cl)C(=O)N(CBr)C(=O)C23Cl)cc(I)c1O. The Kier molecular flexibility index (Phi) is 7.79. The van der Waals surface area contributed by atoms with E-state index in [4.69, 9.17) is 27.9 Å². The van der Waals surface area contributed by atoms with E-state index in [0.717, 1.165) is 10.5 Å². The monoisotopic (exact) mass is 802 g/mol. The summed E-state index contributed by atoms with van der Waals surface area (Å²) >= 11 is 19.7. The third-order valence-corrected chi connectivity index (χ3v) is 12.0. The van der Waals surface area contributed by atoms with Gasteiger partial charge in [-0.1, -0.05) is 39.7 Å². The van der Waals surface area contributed by atoms with Crippen molar-refractivity contribution in [2.45, 2.75) is 34.9 Å². The van der Waals surface area contributed by atoms with Crippen molar-refractivity contribution in [2.24, 2.45) is 17.8 Å². The van der Waals surface area contributed by atoms with Crippen LogP contribution in [0.3, 0.4) is 0 Å². The molecule has 2 N–H and O–H groups in total. The molecule has 2 heterocycles. The van der Waals surface area contributed by atoms with Crippen LogP contribution < -0.4 is 4.74 Å². The first-order valence-corrected chi connectivity index (χ1v) is 16.5. The minimum absolute atomic E-state index is 0.0885. The number of benzene rings is 2. The summed E-state index contributed by atoms with van der Waals surface area (Å²) in [6.45, 7) is 0.161. The number of rotatable bonds is 6. The summed E-state index contributed by atoms with van der Waals surface area (Å²) in [4.78, 5) is 53.7. The number of amides is 4. The summed E-state index contributed by atoms with van der Waals surface area (Å²) in [6.07, 6.45) is 2.43. The van der Waals surface area contributed by atoms with Gasteiger partial charge in [-0.2, -0.15) is 0 Å². The Morgan fingerprint density at radius 2 is 1.72 bits per heavy atom. The fourth-order valence-electron chi connectivity index (χ4n) is 7.23. The lowest BCUT2D eigenvalue weighted by Crippen LogP contribution is -2.60. The van der Waals surface area contributed by atoms with Crippen LogP contribution in [0.5, 0.6) is 17.2 Å². The van der Waals surface area contributed by atoms with Crippen molar-refractivity contribution < 1.29 is 34.1 Å². The highest BCUT2D eigenvalue weighted by Crippen LogP contribution is 2.65. The number of carbonyl (C=O) groups excluding carboxylic acids is 4. The number of likely N-dealkylation sites (tertiary alicyclic amines) is 2. The lowest BCUT2D eigenvalue weighted by atomic mass is 9.56. The Hall–Kier alpha value is -2.35. The lowest BCUT2D eigenvalue weighted by Gasteiger charge is -2.50. The molecule has 226 valence electrons. The van der Waals surface area contributed by atoms with Crippen molar-refractivity contribution in [1.29, 1.82) is 0 Å². The molecule has 2 aliphatic heterocycles. The third-order valence-electron chi connectivity index (χ3n) is 9.27. The maximum absolute atomic E-state index is 14.0. The molecule has 43 heavy (non-hydrogen) atoms. The molecule has 6 atom stereocenters. The number of hydrogen-bond acceptors (Lipinski definition) is 7. The Labute approximate surface area is 279 Å². The average molecular weight is 804 g/mol. The van der Waals surface area contributed by atoms with Crippen LogP contribution in [0, 0.1) is 21.3 Å². The molecule has 9 nitrogen and oxygen atoms in total. The van der Waals surface area contributed by atoms with E-state index < -0.39 is 45.2 Å². The van der Waals surface area contributed by atoms with Gasteiger partial charge in [-0.25, -0.2) is 0 Å². The van der Waals surface area contributed by atoms with Crippen LogP contribution in [0.15, 0.2) is 48.0 Å². The van der Waals surface area contributed by atoms with Crippen LogP contribution in [0.25, 0.3) is 0 Å². The van der Waals surface area contributed by atoms with Crippen molar-refractivity contribution in [3.8, 4) is 17.2 Å². The average Bonchev–Trinajstić information content (AvgIpc) is 3.31. The normalized spacial score (nSPS) is 31.6. The Bertz CT molecular complexity index is 1600. The number of fused-ring (bicyclic) bond motifs is 4. The summed E-state index contributed by atoms with van der Waals surface area (Å²) in [7, 11) is 1.40. The number of allylic oxidation sites excluding steroid dienone is 2. The van der Waals surface area contributed by atoms with Gasteiger partial charge in [0.2, 0.25) is 11.8 Å². The van der Waals surface area contributed by atoms with Crippen molar-refractivity contribution in [3.63, 3.8) is 0 Å². The molecule has 3 fully saturated rings. The smallest absolute Gasteiger partial charge is 0.254 e. The predicted octanol–water partition coefficient (Wildman–Crippen LogP) is 4.66. The molecule has 2 aromatic carbocycles. The second-order valence-electron chi connectivity index (χ2n) is 11.3. The highest BCUT2D eigenvalue weighted by atomic mass is 127. The summed E-state index contributed by atoms with van der Waals surface area (Å²) < 4.78 is 5.83. The lowest BCUT2D eigenvalue weighted by molar-refractivity contribution is -0.141. The predicted molar refractivity (Wildman–Crippen MR) is 169 cm³/mol. The highest BCUT2D eigenvalue weighted by molar-refractivity contribution is 14.1. The van der Waals surface area contributed by atoms with E-state index in [9.17, 15) is 29.4 Å². The van der Waals surface area contributed by atoms with Gasteiger partial charge in [0.1, 0.15) is 5.75 Å². The topological polar surface area (TPSA) is 124 Å². The molecule has 0 spiro atoms. The fraction of sp³-hybridized carbons (Fsp3) is 0.400. The number of carbonyl (C=O) groups is 4. The number of phenols is 2. The van der Waals surface area contributed by atoms with Gasteiger partial charge < -0.3 is 14.9 Å². The number of ether oxygens (including phenoxy) is 1. The molecular weight excluding hydrogens is 778 g/mol. The summed E-state index contributed by atoms with van der Waals surface area (Å²) in [6, 6.07) is 9.81. The first kappa shape index (κ1) is 30.7. The van der Waals surface area contributed by atoms with E-state index in [1.54, 1.807) is 36.4 Å². The second kappa shape index (κ2) is 10.9. The molecule has 2 saturated heterocycles. The standard InChI is InChI=1S/C30H26BrCl2IN2O7/c1-43-21-11-15(10-20(34)24(21)38)23-17-6-7-18-22(19(17)12-29(32)27(41)36(13-31)28(42)30(23,29)33)26(40)35(25(18)39)9-8-14-2-4-16(37)5-3-14/h2-6,10-11,18-19,22-23,37-38H,7-9,12-13H2,1H3. The van der Waals surface area contributed by atoms with E-state index in [-0.39, 0.29) is 53.9 Å². The molecule has 4 aliphatic rings. The first-order chi connectivity index (χ1) is 20.4. The largest absolute Gasteiger partial charge is 0.508 e. The number of methoxy groups -OCH3 is 1. The Balaban J connectivity index is 1.44. The molecule has 13 heteroatoms. The van der Waals surface area contributed by atoms with Crippen molar-refractivity contribution >= 4 is 85.4 Å². The van der Waals surface area contributed by atoms with E-state index in [1.165, 1.54) is 12.0 Å². The van der Waals surface area contributed by atoms with Crippen molar-refractivity contribution in [1.82, 2.24) is 9.80 Å². The van der Waals surface area contributed by atoms with Crippen molar-refractivity contribution in [3.05, 3.63) is 62.7 Å². The number of nitrogens with zero attached hydrogens (tertiary/aromatic N) is 2. The van der Waals surface area contributed by atoms with Gasteiger partial charge >= 0.3 is 0 Å². The van der Waals surface area contributed by atoms with Gasteiger partial charge in [-0.3, -0.25) is 29.0 Å². The first-order valence-electron chi connectivity index (χ1n) is 13.6. The molecule has 0 aromatic heterocycles. The zero-order valence-corrected chi connectivity index (χ0v) is 28.0. The molecule has 4 amide bonds. The Morgan fingerprint density at radius 3 is 2.37 bits per heavy atom. The molecule has 2 aromatic rings. The van der Waals surface area contributed by atoms with E-state index in [0.29, 0.717) is 21.1 Å². The number of halogens is 4. The quantitative estimate of drug-likeness (QED) is 0.143. The maximum Gasteiger partial charge on any atom is 0.254 e. The highest BCUT2D eigenvalue weighted by Gasteiger charge is 2.76. The summed E-state index contributed by atoms with van der Waals surface area (Å²) in [5, 5.41) is 20.1. The van der Waals surface area contributed by atoms with Crippen LogP contribution in [-0.4, -0.2) is 72.5 Å². The number of aromatic hydroxyl groups is 2. The van der Waals surface area contributed by atoms with Crippen LogP contribution in [-0.2, 0) is 25.6 Å². The summed E-state index contributed by atoms with van der Waals surface area (Å²) in [5.74, 6) is -4.81. The molecule has 0 bridgehead atoms. The van der Waals surface area contributed by atoms with Crippen LogP contribution in [0.4, 0.5) is 0 Å². The zero-order valence-electron chi connectivity index (χ0n) is 22.7. The van der Waals surface area contributed by atoms with Crippen LogP contribution in [0.2, 0.25) is 0 Å². The minimum Gasteiger partial charge on any atom is -0.508 e.